The van der Waals surface area contributed by atoms with Crippen molar-refractivity contribution in [2.45, 2.75) is 53.2 Å². The van der Waals surface area contributed by atoms with Gasteiger partial charge in [-0.1, -0.05) is 61.9 Å². The highest BCUT2D eigenvalue weighted by atomic mass is 16.5. The summed E-state index contributed by atoms with van der Waals surface area (Å²) in [7, 11) is 3.11. The van der Waals surface area contributed by atoms with Crippen molar-refractivity contribution in [2.24, 2.45) is 0 Å². The Morgan fingerprint density at radius 2 is 0.931 bits per heavy atom. The Morgan fingerprint density at radius 1 is 0.472 bits per heavy atom. The third kappa shape index (κ3) is 13.6. The molecule has 0 fully saturated rings. The van der Waals surface area contributed by atoms with Crippen molar-refractivity contribution >= 4 is 0 Å². The molecule has 0 atom stereocenters. The van der Waals surface area contributed by atoms with Crippen LogP contribution in [0.4, 0.5) is 0 Å². The summed E-state index contributed by atoms with van der Waals surface area (Å²) in [4.78, 5) is 12.1. The molecular formula is C58H53N9O5. The zero-order chi connectivity index (χ0) is 50.7. The largest absolute Gasteiger partial charge is 0.493 e. The first-order valence-electron chi connectivity index (χ1n) is 23.1. The van der Waals surface area contributed by atoms with Crippen LogP contribution in [0.5, 0.6) is 46.0 Å². The Kier molecular flexibility index (Phi) is 17.6. The normalized spacial score (nSPS) is 10.2. The first-order valence-corrected chi connectivity index (χ1v) is 23.1. The zero-order valence-electron chi connectivity index (χ0n) is 40.8. The van der Waals surface area contributed by atoms with E-state index < -0.39 is 0 Å². The van der Waals surface area contributed by atoms with E-state index in [0.717, 1.165) is 52.2 Å². The molecule has 14 nitrogen and oxygen atoms in total. The lowest BCUT2D eigenvalue weighted by molar-refractivity contribution is 0.336. The SMILES string of the molecule is CCCc1cccc(Oc2cc(Cn3ccnc3)ccc2C#N)c1.COc1cccc(Oc2cc(Cn3ccnc3)ccc2C#N)c1OC.Cc1cccc(Oc2cc(Cn3ccnc3)ccc2C#N)c1C. The van der Waals surface area contributed by atoms with Gasteiger partial charge < -0.3 is 37.4 Å². The lowest BCUT2D eigenvalue weighted by Crippen LogP contribution is -1.99. The van der Waals surface area contributed by atoms with Crippen LogP contribution in [0.1, 0.15) is 63.4 Å². The van der Waals surface area contributed by atoms with E-state index in [2.05, 4.69) is 46.1 Å². The molecule has 0 N–H and O–H groups in total. The van der Waals surface area contributed by atoms with Crippen molar-refractivity contribution in [1.82, 2.24) is 28.7 Å². The smallest absolute Gasteiger partial charge is 0.203 e. The number of imidazole rings is 3. The number of para-hydroxylation sites is 1. The highest BCUT2D eigenvalue weighted by Gasteiger charge is 2.15. The number of hydrogen-bond acceptors (Lipinski definition) is 11. The number of ether oxygens (including phenoxy) is 5. The summed E-state index contributed by atoms with van der Waals surface area (Å²) in [5.41, 5.74) is 8.10. The van der Waals surface area contributed by atoms with Crippen LogP contribution in [0.3, 0.4) is 0 Å². The molecule has 0 aliphatic heterocycles. The van der Waals surface area contributed by atoms with Crippen molar-refractivity contribution in [3.63, 3.8) is 0 Å². The average molecular weight is 956 g/mol. The Bertz CT molecular complexity index is 3310. The molecule has 0 unspecified atom stereocenters. The lowest BCUT2D eigenvalue weighted by atomic mass is 10.1. The van der Waals surface area contributed by atoms with E-state index in [1.165, 1.54) is 5.56 Å². The Hall–Kier alpha value is -9.58. The maximum absolute atomic E-state index is 9.37. The maximum Gasteiger partial charge on any atom is 0.203 e. The third-order valence-electron chi connectivity index (χ3n) is 11.3. The molecule has 72 heavy (non-hydrogen) atoms. The van der Waals surface area contributed by atoms with Gasteiger partial charge in [-0.25, -0.2) is 15.0 Å². The molecule has 0 radical (unpaired) electrons. The molecule has 360 valence electrons. The molecule has 9 aromatic rings. The van der Waals surface area contributed by atoms with Crippen LogP contribution in [-0.4, -0.2) is 42.9 Å². The average Bonchev–Trinajstić information content (AvgIpc) is 4.23. The second-order valence-electron chi connectivity index (χ2n) is 16.4. The van der Waals surface area contributed by atoms with Gasteiger partial charge in [0.1, 0.15) is 47.0 Å². The van der Waals surface area contributed by atoms with E-state index in [1.54, 1.807) is 88.2 Å². The van der Waals surface area contributed by atoms with Crippen molar-refractivity contribution < 1.29 is 23.7 Å². The summed E-state index contributed by atoms with van der Waals surface area (Å²) in [5.74, 6) is 4.70. The van der Waals surface area contributed by atoms with E-state index in [1.807, 2.05) is 119 Å². The van der Waals surface area contributed by atoms with Gasteiger partial charge >= 0.3 is 0 Å². The van der Waals surface area contributed by atoms with Crippen LogP contribution < -0.4 is 23.7 Å². The summed E-state index contributed by atoms with van der Waals surface area (Å²) in [5, 5.41) is 28.0. The van der Waals surface area contributed by atoms with Crippen LogP contribution >= 0.6 is 0 Å². The molecule has 0 amide bonds. The van der Waals surface area contributed by atoms with Crippen molar-refractivity contribution in [2.75, 3.05) is 14.2 Å². The molecule has 3 heterocycles. The van der Waals surface area contributed by atoms with Gasteiger partial charge in [-0.3, -0.25) is 0 Å². The van der Waals surface area contributed by atoms with Gasteiger partial charge in [0.2, 0.25) is 5.75 Å². The Labute approximate surface area is 419 Å². The third-order valence-corrected chi connectivity index (χ3v) is 11.3. The van der Waals surface area contributed by atoms with E-state index >= 15 is 0 Å². The molecule has 0 saturated carbocycles. The van der Waals surface area contributed by atoms with Gasteiger partial charge in [0, 0.05) is 56.8 Å². The molecule has 0 saturated heterocycles. The monoisotopic (exact) mass is 955 g/mol. The molecular weight excluding hydrogens is 903 g/mol. The predicted octanol–water partition coefficient (Wildman–Crippen LogP) is 12.4. The fraction of sp³-hybridized carbons (Fsp3) is 0.172. The van der Waals surface area contributed by atoms with E-state index in [-0.39, 0.29) is 0 Å². The van der Waals surface area contributed by atoms with Crippen molar-refractivity contribution in [1.29, 1.82) is 15.8 Å². The van der Waals surface area contributed by atoms with Gasteiger partial charge in [0.25, 0.3) is 0 Å². The minimum absolute atomic E-state index is 0.444. The van der Waals surface area contributed by atoms with Crippen molar-refractivity contribution in [3.05, 3.63) is 221 Å². The summed E-state index contributed by atoms with van der Waals surface area (Å²) in [6.07, 6.45) is 18.3. The van der Waals surface area contributed by atoms with E-state index in [9.17, 15) is 15.8 Å². The van der Waals surface area contributed by atoms with Crippen LogP contribution in [0.25, 0.3) is 0 Å². The van der Waals surface area contributed by atoms with Crippen LogP contribution in [0.2, 0.25) is 0 Å². The standard InChI is InChI=1S/C20H19N3O.C19H17N3O3.C19H17N3O/c1-2-4-16-5-3-6-19(11-16)24-20-12-17(7-8-18(20)13-21)14-23-10-9-22-15-23;1-23-16-4-3-5-17(19(16)24-2)25-18-10-14(6-7-15(18)11-20)12-22-9-8-21-13-22;1-14-4-3-5-18(15(14)2)23-19-10-16(6-7-17(19)11-20)12-22-9-8-21-13-22/h3,5-12,15H,2,4,14H2,1H3;3-10,13H,12H2,1-2H3;3-10,13H,12H2,1-2H3. The van der Waals surface area contributed by atoms with Crippen LogP contribution in [0.15, 0.2) is 171 Å². The summed E-state index contributed by atoms with van der Waals surface area (Å²) < 4.78 is 34.6. The topological polar surface area (TPSA) is 171 Å². The predicted molar refractivity (Wildman–Crippen MR) is 274 cm³/mol. The second kappa shape index (κ2) is 25.2. The van der Waals surface area contributed by atoms with Crippen molar-refractivity contribution in [3.8, 4) is 64.2 Å². The quantitative estimate of drug-likeness (QED) is 0.0902. The number of aryl methyl sites for hydroxylation is 2. The minimum Gasteiger partial charge on any atom is -0.493 e. The first kappa shape index (κ1) is 50.3. The molecule has 0 aliphatic carbocycles. The zero-order valence-corrected chi connectivity index (χ0v) is 40.8. The first-order chi connectivity index (χ1) is 35.2. The molecule has 3 aromatic heterocycles. The highest BCUT2D eigenvalue weighted by Crippen LogP contribution is 2.40. The van der Waals surface area contributed by atoms with Gasteiger partial charge in [0.15, 0.2) is 11.5 Å². The number of nitriles is 3. The summed E-state index contributed by atoms with van der Waals surface area (Å²) in [6, 6.07) is 42.7. The Balaban J connectivity index is 0.000000159. The van der Waals surface area contributed by atoms with Crippen LogP contribution in [-0.2, 0) is 26.1 Å². The van der Waals surface area contributed by atoms with E-state index in [0.29, 0.717) is 70.8 Å². The fourth-order valence-electron chi connectivity index (χ4n) is 7.49. The number of benzene rings is 6. The number of hydrogen-bond donors (Lipinski definition) is 0. The van der Waals surface area contributed by atoms with Crippen LogP contribution in [0, 0.1) is 47.8 Å². The number of nitrogens with zero attached hydrogens (tertiary/aromatic N) is 9. The molecule has 6 aromatic carbocycles. The number of methoxy groups -OCH3 is 2. The van der Waals surface area contributed by atoms with Gasteiger partial charge in [0.05, 0.1) is 49.9 Å². The van der Waals surface area contributed by atoms with Gasteiger partial charge in [-0.2, -0.15) is 15.8 Å². The van der Waals surface area contributed by atoms with Gasteiger partial charge in [-0.05, 0) is 120 Å². The minimum atomic E-state index is 0.444. The molecule has 0 spiro atoms. The second-order valence-corrected chi connectivity index (χ2v) is 16.4. The molecule has 9 rings (SSSR count). The van der Waals surface area contributed by atoms with E-state index in [4.69, 9.17) is 23.7 Å². The maximum atomic E-state index is 9.37. The highest BCUT2D eigenvalue weighted by molar-refractivity contribution is 5.55. The molecule has 0 bridgehead atoms. The summed E-state index contributed by atoms with van der Waals surface area (Å²) >= 11 is 0. The number of rotatable bonds is 16. The molecule has 14 heteroatoms. The lowest BCUT2D eigenvalue weighted by Gasteiger charge is -2.14. The summed E-state index contributed by atoms with van der Waals surface area (Å²) in [6.45, 7) is 8.24. The molecule has 0 aliphatic rings. The number of aromatic nitrogens is 6. The van der Waals surface area contributed by atoms with Gasteiger partial charge in [-0.15, -0.1) is 0 Å². The Morgan fingerprint density at radius 3 is 1.39 bits per heavy atom. The fourth-order valence-corrected chi connectivity index (χ4v) is 7.49.